The Labute approximate surface area is 143 Å². The summed E-state index contributed by atoms with van der Waals surface area (Å²) in [4.78, 5) is 4.23. The first-order valence-electron chi connectivity index (χ1n) is 7.83. The quantitative estimate of drug-likeness (QED) is 0.521. The number of halogens is 3. The molecule has 0 N–H and O–H groups in total. The summed E-state index contributed by atoms with van der Waals surface area (Å²) in [6, 6.07) is 9.92. The summed E-state index contributed by atoms with van der Waals surface area (Å²) in [6.45, 7) is 5.88. The highest BCUT2D eigenvalue weighted by atomic mass is 19.4. The Morgan fingerprint density at radius 3 is 2.28 bits per heavy atom. The van der Waals surface area contributed by atoms with Gasteiger partial charge in [-0.3, -0.25) is 4.40 Å². The summed E-state index contributed by atoms with van der Waals surface area (Å²) in [5.41, 5.74) is 1.97. The summed E-state index contributed by atoms with van der Waals surface area (Å²) in [5.74, 6) is 0.696. The first-order chi connectivity index (χ1) is 11.8. The fraction of sp³-hybridized carbons (Fsp3) is 0.278. The summed E-state index contributed by atoms with van der Waals surface area (Å²) >= 11 is 0. The van der Waals surface area contributed by atoms with Crippen LogP contribution < -0.4 is 0 Å². The number of azo groups is 1. The normalized spacial score (nSPS) is 12.6. The van der Waals surface area contributed by atoms with Crippen molar-refractivity contribution >= 4 is 17.2 Å². The molecule has 0 spiro atoms. The van der Waals surface area contributed by atoms with E-state index in [-0.39, 0.29) is 5.82 Å². The van der Waals surface area contributed by atoms with Crippen molar-refractivity contribution in [2.45, 2.75) is 32.9 Å². The number of hydrogen-bond acceptors (Lipinski definition) is 3. The van der Waals surface area contributed by atoms with Crippen LogP contribution in [0.2, 0.25) is 0 Å². The molecule has 3 aromatic rings. The standard InChI is InChI=1S/C18H17F3N4/c1-11(2)13-4-7-15(8-5-13)23-24-17-12(3)22-16-9-6-14(10-25(16)17)18(19,20)21/h4-11H,1-3H3. The first kappa shape index (κ1) is 17.1. The van der Waals surface area contributed by atoms with Crippen molar-refractivity contribution in [3.05, 3.63) is 59.4 Å². The third-order valence-electron chi connectivity index (χ3n) is 3.91. The van der Waals surface area contributed by atoms with E-state index < -0.39 is 11.7 Å². The molecule has 2 heterocycles. The molecule has 0 saturated carbocycles. The van der Waals surface area contributed by atoms with Crippen molar-refractivity contribution in [3.8, 4) is 0 Å². The van der Waals surface area contributed by atoms with Crippen molar-refractivity contribution in [3.63, 3.8) is 0 Å². The van der Waals surface area contributed by atoms with Crippen LogP contribution in [0, 0.1) is 6.92 Å². The number of rotatable bonds is 3. The summed E-state index contributed by atoms with van der Waals surface area (Å²) in [6.07, 6.45) is -3.43. The second-order valence-electron chi connectivity index (χ2n) is 6.11. The average Bonchev–Trinajstić information content (AvgIpc) is 2.87. The maximum Gasteiger partial charge on any atom is 0.417 e. The number of aromatic nitrogens is 2. The molecule has 7 heteroatoms. The number of hydrogen-bond donors (Lipinski definition) is 0. The highest BCUT2D eigenvalue weighted by Gasteiger charge is 2.31. The van der Waals surface area contributed by atoms with Gasteiger partial charge in [0.1, 0.15) is 5.65 Å². The van der Waals surface area contributed by atoms with E-state index >= 15 is 0 Å². The molecule has 2 aromatic heterocycles. The molecule has 0 fully saturated rings. The molecular weight excluding hydrogens is 329 g/mol. The third-order valence-corrected chi connectivity index (χ3v) is 3.91. The molecule has 0 aliphatic carbocycles. The summed E-state index contributed by atoms with van der Waals surface area (Å²) in [5, 5.41) is 8.25. The van der Waals surface area contributed by atoms with Gasteiger partial charge in [-0.1, -0.05) is 26.0 Å². The van der Waals surface area contributed by atoms with Crippen LogP contribution in [0.25, 0.3) is 5.65 Å². The number of fused-ring (bicyclic) bond motifs is 1. The van der Waals surface area contributed by atoms with Gasteiger partial charge in [0.15, 0.2) is 5.82 Å². The van der Waals surface area contributed by atoms with Gasteiger partial charge in [0.05, 0.1) is 16.9 Å². The molecule has 0 radical (unpaired) electrons. The van der Waals surface area contributed by atoms with E-state index in [1.807, 2.05) is 24.3 Å². The Balaban J connectivity index is 1.98. The lowest BCUT2D eigenvalue weighted by molar-refractivity contribution is -0.137. The summed E-state index contributed by atoms with van der Waals surface area (Å²) in [7, 11) is 0. The predicted molar refractivity (Wildman–Crippen MR) is 89.6 cm³/mol. The van der Waals surface area contributed by atoms with Crippen LogP contribution >= 0.6 is 0 Å². The Morgan fingerprint density at radius 1 is 1.00 bits per heavy atom. The predicted octanol–water partition coefficient (Wildman–Crippen LogP) is 6.20. The van der Waals surface area contributed by atoms with Gasteiger partial charge < -0.3 is 0 Å². The molecular formula is C18H17F3N4. The number of alkyl halides is 3. The maximum atomic E-state index is 12.9. The second kappa shape index (κ2) is 6.31. The zero-order valence-electron chi connectivity index (χ0n) is 14.0. The molecule has 25 heavy (non-hydrogen) atoms. The number of benzene rings is 1. The van der Waals surface area contributed by atoms with Crippen LogP contribution in [0.5, 0.6) is 0 Å². The van der Waals surface area contributed by atoms with Gasteiger partial charge in [-0.15, -0.1) is 10.2 Å². The molecule has 4 nitrogen and oxygen atoms in total. The van der Waals surface area contributed by atoms with E-state index in [0.717, 1.165) is 12.3 Å². The van der Waals surface area contributed by atoms with E-state index in [2.05, 4.69) is 29.1 Å². The summed E-state index contributed by atoms with van der Waals surface area (Å²) < 4.78 is 40.1. The molecule has 0 amide bonds. The largest absolute Gasteiger partial charge is 0.417 e. The highest BCUT2D eigenvalue weighted by Crippen LogP contribution is 2.31. The van der Waals surface area contributed by atoms with Gasteiger partial charge in [-0.2, -0.15) is 13.2 Å². The number of pyridine rings is 1. The first-order valence-corrected chi connectivity index (χ1v) is 7.83. The Bertz CT molecular complexity index is 922. The minimum Gasteiger partial charge on any atom is -0.282 e. The zero-order chi connectivity index (χ0) is 18.2. The Kier molecular flexibility index (Phi) is 4.32. The smallest absolute Gasteiger partial charge is 0.282 e. The van der Waals surface area contributed by atoms with Crippen LogP contribution in [0.3, 0.4) is 0 Å². The Hall–Kier alpha value is -2.70. The monoisotopic (exact) mass is 346 g/mol. The van der Waals surface area contributed by atoms with E-state index in [4.69, 9.17) is 0 Å². The van der Waals surface area contributed by atoms with Crippen LogP contribution in [-0.4, -0.2) is 9.38 Å². The highest BCUT2D eigenvalue weighted by molar-refractivity contribution is 5.53. The van der Waals surface area contributed by atoms with Gasteiger partial charge in [-0.25, -0.2) is 4.98 Å². The van der Waals surface area contributed by atoms with Crippen molar-refractivity contribution in [2.24, 2.45) is 10.2 Å². The molecule has 0 atom stereocenters. The zero-order valence-corrected chi connectivity index (χ0v) is 14.0. The van der Waals surface area contributed by atoms with E-state index in [1.54, 1.807) is 6.92 Å². The van der Waals surface area contributed by atoms with Crippen LogP contribution in [0.4, 0.5) is 24.7 Å². The molecule has 0 unspecified atom stereocenters. The molecule has 0 aliphatic heterocycles. The topological polar surface area (TPSA) is 42.0 Å². The fourth-order valence-electron chi connectivity index (χ4n) is 2.47. The van der Waals surface area contributed by atoms with Crippen molar-refractivity contribution in [1.29, 1.82) is 0 Å². The minimum absolute atomic E-state index is 0.286. The van der Waals surface area contributed by atoms with E-state index in [9.17, 15) is 13.2 Å². The van der Waals surface area contributed by atoms with Crippen molar-refractivity contribution in [1.82, 2.24) is 9.38 Å². The second-order valence-corrected chi connectivity index (χ2v) is 6.11. The van der Waals surface area contributed by atoms with Crippen molar-refractivity contribution < 1.29 is 13.2 Å². The number of imidazole rings is 1. The lowest BCUT2D eigenvalue weighted by Crippen LogP contribution is -2.06. The van der Waals surface area contributed by atoms with Gasteiger partial charge >= 0.3 is 6.18 Å². The fourth-order valence-corrected chi connectivity index (χ4v) is 2.47. The number of aryl methyl sites for hydroxylation is 1. The van der Waals surface area contributed by atoms with Gasteiger partial charge in [0.25, 0.3) is 0 Å². The van der Waals surface area contributed by atoms with E-state index in [0.29, 0.717) is 22.9 Å². The maximum absolute atomic E-state index is 12.9. The lowest BCUT2D eigenvalue weighted by atomic mass is 10.0. The molecule has 0 bridgehead atoms. The molecule has 130 valence electrons. The number of nitrogens with zero attached hydrogens (tertiary/aromatic N) is 4. The van der Waals surface area contributed by atoms with Gasteiger partial charge in [0, 0.05) is 6.20 Å². The van der Waals surface area contributed by atoms with Crippen molar-refractivity contribution in [2.75, 3.05) is 0 Å². The van der Waals surface area contributed by atoms with Gasteiger partial charge in [-0.05, 0) is 42.7 Å². The lowest BCUT2D eigenvalue weighted by Gasteiger charge is -2.07. The van der Waals surface area contributed by atoms with E-state index in [1.165, 1.54) is 16.0 Å². The van der Waals surface area contributed by atoms with Gasteiger partial charge in [0.2, 0.25) is 0 Å². The molecule has 1 aromatic carbocycles. The molecule has 0 aliphatic rings. The Morgan fingerprint density at radius 2 is 1.68 bits per heavy atom. The minimum atomic E-state index is -4.42. The third kappa shape index (κ3) is 3.55. The van der Waals surface area contributed by atoms with Crippen LogP contribution in [0.1, 0.15) is 36.6 Å². The SMILES string of the molecule is Cc1nc2ccc(C(F)(F)F)cn2c1N=Nc1ccc(C(C)C)cc1. The molecule has 3 rings (SSSR count). The molecule has 0 saturated heterocycles. The van der Waals surface area contributed by atoms with Crippen LogP contribution in [-0.2, 0) is 6.18 Å². The average molecular weight is 346 g/mol. The van der Waals surface area contributed by atoms with Crippen LogP contribution in [0.15, 0.2) is 52.8 Å².